The number of ether oxygens (including phenoxy) is 1. The SMILES string of the molecule is N[C@H]1CC[C@H](Nc2cc(-c3cncc(NCC4CCOCC4)n3)c(Cl)cn2)CC1. The molecule has 0 amide bonds. The Labute approximate surface area is 176 Å². The van der Waals surface area contributed by atoms with Crippen LogP contribution in [-0.4, -0.2) is 46.8 Å². The van der Waals surface area contributed by atoms with Gasteiger partial charge in [0.1, 0.15) is 11.6 Å². The van der Waals surface area contributed by atoms with Gasteiger partial charge in [-0.1, -0.05) is 11.6 Å². The van der Waals surface area contributed by atoms with E-state index in [2.05, 4.69) is 20.6 Å². The molecule has 0 aromatic carbocycles. The fraction of sp³-hybridized carbons (Fsp3) is 0.571. The van der Waals surface area contributed by atoms with Crippen molar-refractivity contribution >= 4 is 23.2 Å². The molecular formula is C21H29ClN6O. The monoisotopic (exact) mass is 416 g/mol. The van der Waals surface area contributed by atoms with Crippen LogP contribution < -0.4 is 16.4 Å². The van der Waals surface area contributed by atoms with E-state index in [9.17, 15) is 0 Å². The Morgan fingerprint density at radius 3 is 2.62 bits per heavy atom. The van der Waals surface area contributed by atoms with Crippen molar-refractivity contribution in [2.24, 2.45) is 11.7 Å². The van der Waals surface area contributed by atoms with E-state index < -0.39 is 0 Å². The van der Waals surface area contributed by atoms with Gasteiger partial charge in [-0.15, -0.1) is 0 Å². The third kappa shape index (κ3) is 5.56. The summed E-state index contributed by atoms with van der Waals surface area (Å²) in [6, 6.07) is 2.69. The van der Waals surface area contributed by atoms with Gasteiger partial charge < -0.3 is 21.1 Å². The van der Waals surface area contributed by atoms with Gasteiger partial charge in [-0.3, -0.25) is 4.98 Å². The molecule has 4 N–H and O–H groups in total. The van der Waals surface area contributed by atoms with Gasteiger partial charge in [0.2, 0.25) is 0 Å². The second-order valence-corrected chi connectivity index (χ2v) is 8.44. The molecule has 1 aliphatic heterocycles. The van der Waals surface area contributed by atoms with Crippen molar-refractivity contribution in [3.8, 4) is 11.3 Å². The maximum atomic E-state index is 6.43. The number of anilines is 2. The minimum atomic E-state index is 0.327. The van der Waals surface area contributed by atoms with E-state index in [4.69, 9.17) is 27.1 Å². The topological polar surface area (TPSA) is 98.0 Å². The van der Waals surface area contributed by atoms with Crippen LogP contribution in [-0.2, 0) is 4.74 Å². The molecule has 1 aliphatic carbocycles. The lowest BCUT2D eigenvalue weighted by Crippen LogP contribution is -2.33. The van der Waals surface area contributed by atoms with Crippen LogP contribution in [0.5, 0.6) is 0 Å². The number of hydrogen-bond acceptors (Lipinski definition) is 7. The van der Waals surface area contributed by atoms with Gasteiger partial charge in [0.25, 0.3) is 0 Å². The predicted molar refractivity (Wildman–Crippen MR) is 116 cm³/mol. The molecule has 8 heteroatoms. The summed E-state index contributed by atoms with van der Waals surface area (Å²) >= 11 is 6.43. The average Bonchev–Trinajstić information content (AvgIpc) is 2.76. The summed E-state index contributed by atoms with van der Waals surface area (Å²) in [7, 11) is 0. The molecular weight excluding hydrogens is 388 g/mol. The zero-order valence-electron chi connectivity index (χ0n) is 16.6. The van der Waals surface area contributed by atoms with Gasteiger partial charge in [-0.25, -0.2) is 9.97 Å². The first kappa shape index (κ1) is 20.3. The van der Waals surface area contributed by atoms with Crippen LogP contribution >= 0.6 is 11.6 Å². The van der Waals surface area contributed by atoms with Crippen molar-refractivity contribution in [3.63, 3.8) is 0 Å². The smallest absolute Gasteiger partial charge is 0.145 e. The number of nitrogens with two attached hydrogens (primary N) is 1. The highest BCUT2D eigenvalue weighted by Gasteiger charge is 2.19. The number of hydrogen-bond donors (Lipinski definition) is 3. The van der Waals surface area contributed by atoms with Gasteiger partial charge in [0.05, 0.1) is 23.1 Å². The largest absolute Gasteiger partial charge is 0.381 e. The van der Waals surface area contributed by atoms with Crippen molar-refractivity contribution < 1.29 is 4.74 Å². The molecule has 0 radical (unpaired) electrons. The number of nitrogens with one attached hydrogen (secondary N) is 2. The zero-order valence-corrected chi connectivity index (χ0v) is 17.4. The fourth-order valence-corrected chi connectivity index (χ4v) is 4.17. The maximum Gasteiger partial charge on any atom is 0.145 e. The molecule has 0 unspecified atom stereocenters. The summed E-state index contributed by atoms with van der Waals surface area (Å²) in [6.07, 6.45) is 11.5. The molecule has 2 aromatic rings. The van der Waals surface area contributed by atoms with Crippen LogP contribution in [0.25, 0.3) is 11.3 Å². The summed E-state index contributed by atoms with van der Waals surface area (Å²) < 4.78 is 5.42. The van der Waals surface area contributed by atoms with Gasteiger partial charge in [0, 0.05) is 43.6 Å². The molecule has 0 spiro atoms. The number of pyridine rings is 1. The lowest BCUT2D eigenvalue weighted by Gasteiger charge is -2.27. The van der Waals surface area contributed by atoms with E-state index in [1.807, 2.05) is 6.07 Å². The Hall–Kier alpha value is -1.96. The highest BCUT2D eigenvalue weighted by molar-refractivity contribution is 6.33. The third-order valence-corrected chi connectivity index (χ3v) is 6.10. The Kier molecular flexibility index (Phi) is 6.79. The molecule has 7 nitrogen and oxygen atoms in total. The van der Waals surface area contributed by atoms with E-state index in [1.54, 1.807) is 18.6 Å². The minimum absolute atomic E-state index is 0.327. The average molecular weight is 417 g/mol. The number of halogens is 1. The normalized spacial score (nSPS) is 23.0. The zero-order chi connectivity index (χ0) is 20.1. The Morgan fingerprint density at radius 1 is 1.03 bits per heavy atom. The number of rotatable bonds is 6. The van der Waals surface area contributed by atoms with Gasteiger partial charge in [0.15, 0.2) is 0 Å². The Balaban J connectivity index is 1.44. The molecule has 2 aliphatic rings. The van der Waals surface area contributed by atoms with E-state index in [1.165, 1.54) is 0 Å². The first-order valence-corrected chi connectivity index (χ1v) is 10.9. The number of nitrogens with zero attached hydrogens (tertiary/aromatic N) is 3. The summed E-state index contributed by atoms with van der Waals surface area (Å²) in [4.78, 5) is 13.5. The molecule has 2 fully saturated rings. The van der Waals surface area contributed by atoms with Crippen molar-refractivity contribution in [1.82, 2.24) is 15.0 Å². The first-order chi connectivity index (χ1) is 14.2. The highest BCUT2D eigenvalue weighted by Crippen LogP contribution is 2.29. The van der Waals surface area contributed by atoms with Crippen LogP contribution in [0, 0.1) is 5.92 Å². The fourth-order valence-electron chi connectivity index (χ4n) is 3.97. The van der Waals surface area contributed by atoms with Gasteiger partial charge >= 0.3 is 0 Å². The second kappa shape index (κ2) is 9.69. The van der Waals surface area contributed by atoms with Crippen LogP contribution in [0.2, 0.25) is 5.02 Å². The third-order valence-electron chi connectivity index (χ3n) is 5.80. The first-order valence-electron chi connectivity index (χ1n) is 10.5. The molecule has 3 heterocycles. The molecule has 29 heavy (non-hydrogen) atoms. The minimum Gasteiger partial charge on any atom is -0.381 e. The van der Waals surface area contributed by atoms with Crippen LogP contribution in [0.1, 0.15) is 38.5 Å². The van der Waals surface area contributed by atoms with Crippen molar-refractivity contribution in [1.29, 1.82) is 0 Å². The van der Waals surface area contributed by atoms with E-state index in [0.717, 1.165) is 81.2 Å². The lowest BCUT2D eigenvalue weighted by molar-refractivity contribution is 0.0699. The molecule has 0 atom stereocenters. The van der Waals surface area contributed by atoms with Crippen molar-refractivity contribution in [3.05, 3.63) is 29.7 Å². The highest BCUT2D eigenvalue weighted by atomic mass is 35.5. The van der Waals surface area contributed by atoms with Crippen molar-refractivity contribution in [2.45, 2.75) is 50.6 Å². The summed E-state index contributed by atoms with van der Waals surface area (Å²) in [5, 5.41) is 7.50. The molecule has 4 rings (SSSR count). The van der Waals surface area contributed by atoms with Crippen LogP contribution in [0.4, 0.5) is 11.6 Å². The molecule has 0 bridgehead atoms. The van der Waals surface area contributed by atoms with Gasteiger partial charge in [-0.2, -0.15) is 0 Å². The van der Waals surface area contributed by atoms with E-state index in [-0.39, 0.29) is 0 Å². The molecule has 156 valence electrons. The predicted octanol–water partition coefficient (Wildman–Crippen LogP) is 3.71. The van der Waals surface area contributed by atoms with Crippen LogP contribution in [0.15, 0.2) is 24.7 Å². The molecule has 1 saturated carbocycles. The Bertz CT molecular complexity index is 806. The molecule has 1 saturated heterocycles. The molecule has 2 aromatic heterocycles. The van der Waals surface area contributed by atoms with Crippen LogP contribution in [0.3, 0.4) is 0 Å². The summed E-state index contributed by atoms with van der Waals surface area (Å²) in [6.45, 7) is 2.56. The standard InChI is InChI=1S/C21H29ClN6O/c22-18-11-26-20(27-16-3-1-15(23)2-4-16)9-17(18)19-12-24-13-21(28-19)25-10-14-5-7-29-8-6-14/h9,11-16H,1-8,10,23H2,(H,25,28)(H,26,27)/t15-,16-. The summed E-state index contributed by atoms with van der Waals surface area (Å²) in [5.41, 5.74) is 7.58. The number of aromatic nitrogens is 3. The second-order valence-electron chi connectivity index (χ2n) is 8.03. The van der Waals surface area contributed by atoms with Gasteiger partial charge in [-0.05, 0) is 50.5 Å². The summed E-state index contributed by atoms with van der Waals surface area (Å²) in [5.74, 6) is 2.18. The van der Waals surface area contributed by atoms with Crippen molar-refractivity contribution in [2.75, 3.05) is 30.4 Å². The van der Waals surface area contributed by atoms with E-state index >= 15 is 0 Å². The lowest BCUT2D eigenvalue weighted by atomic mass is 9.92. The quantitative estimate of drug-likeness (QED) is 0.660. The maximum absolute atomic E-state index is 6.43. The van der Waals surface area contributed by atoms with E-state index in [0.29, 0.717) is 23.0 Å². The Morgan fingerprint density at radius 2 is 1.83 bits per heavy atom.